The van der Waals surface area contributed by atoms with Gasteiger partial charge >= 0.3 is 0 Å². The molecule has 2 rings (SSSR count). The van der Waals surface area contributed by atoms with Gasteiger partial charge in [0.2, 0.25) is 5.91 Å². The third kappa shape index (κ3) is 4.53. The molecule has 0 radical (unpaired) electrons. The van der Waals surface area contributed by atoms with Crippen molar-refractivity contribution >= 4 is 5.91 Å². The Morgan fingerprint density at radius 2 is 1.81 bits per heavy atom. The SMILES string of the molecule is CC(O)(CNC(=O)C1CCCCCC1)c1ccc(F)cc1. The molecule has 2 N–H and O–H groups in total. The summed E-state index contributed by atoms with van der Waals surface area (Å²) < 4.78 is 12.9. The van der Waals surface area contributed by atoms with Gasteiger partial charge in [-0.3, -0.25) is 4.79 Å². The number of benzene rings is 1. The quantitative estimate of drug-likeness (QED) is 0.838. The largest absolute Gasteiger partial charge is 0.384 e. The van der Waals surface area contributed by atoms with Crippen molar-refractivity contribution < 1.29 is 14.3 Å². The molecule has 1 aliphatic carbocycles. The van der Waals surface area contributed by atoms with E-state index < -0.39 is 5.60 Å². The third-order valence-electron chi connectivity index (χ3n) is 4.30. The highest BCUT2D eigenvalue weighted by atomic mass is 19.1. The summed E-state index contributed by atoms with van der Waals surface area (Å²) in [6.45, 7) is 1.78. The highest BCUT2D eigenvalue weighted by molar-refractivity contribution is 5.78. The molecule has 0 saturated heterocycles. The van der Waals surface area contributed by atoms with Crippen molar-refractivity contribution in [1.29, 1.82) is 0 Å². The van der Waals surface area contributed by atoms with E-state index in [4.69, 9.17) is 0 Å². The van der Waals surface area contributed by atoms with Gasteiger partial charge in [-0.2, -0.15) is 0 Å². The van der Waals surface area contributed by atoms with Crippen LogP contribution < -0.4 is 5.32 Å². The maximum absolute atomic E-state index is 12.9. The molecule has 1 amide bonds. The molecule has 116 valence electrons. The van der Waals surface area contributed by atoms with Gasteiger partial charge in [0.05, 0.1) is 6.54 Å². The van der Waals surface area contributed by atoms with E-state index in [0.29, 0.717) is 5.56 Å². The van der Waals surface area contributed by atoms with Crippen LogP contribution in [0, 0.1) is 11.7 Å². The van der Waals surface area contributed by atoms with Crippen LogP contribution in [0.1, 0.15) is 51.0 Å². The minimum atomic E-state index is -1.19. The predicted molar refractivity (Wildman–Crippen MR) is 80.2 cm³/mol. The first-order valence-corrected chi connectivity index (χ1v) is 7.75. The van der Waals surface area contributed by atoms with Crippen molar-refractivity contribution in [2.75, 3.05) is 6.54 Å². The number of carbonyl (C=O) groups excluding carboxylic acids is 1. The molecule has 3 nitrogen and oxygen atoms in total. The highest BCUT2D eigenvalue weighted by Gasteiger charge is 2.26. The molecule has 0 heterocycles. The average Bonchev–Trinajstić information content (AvgIpc) is 2.74. The van der Waals surface area contributed by atoms with E-state index >= 15 is 0 Å². The van der Waals surface area contributed by atoms with Gasteiger partial charge in [0.15, 0.2) is 0 Å². The number of hydrogen-bond acceptors (Lipinski definition) is 2. The number of nitrogens with one attached hydrogen (secondary N) is 1. The van der Waals surface area contributed by atoms with Crippen LogP contribution in [0.15, 0.2) is 24.3 Å². The number of rotatable bonds is 4. The topological polar surface area (TPSA) is 49.3 Å². The van der Waals surface area contributed by atoms with Crippen LogP contribution in [0.3, 0.4) is 0 Å². The zero-order chi connectivity index (χ0) is 15.3. The normalized spacial score (nSPS) is 19.6. The summed E-state index contributed by atoms with van der Waals surface area (Å²) in [5.74, 6) is -0.243. The Labute approximate surface area is 125 Å². The standard InChI is InChI=1S/C17H24FNO2/c1-17(21,14-8-10-15(18)11-9-14)12-19-16(20)13-6-4-2-3-5-7-13/h8-11,13,21H,2-7,12H2,1H3,(H,19,20). The van der Waals surface area contributed by atoms with Crippen molar-refractivity contribution in [3.8, 4) is 0 Å². The van der Waals surface area contributed by atoms with Crippen LogP contribution in [0.25, 0.3) is 0 Å². The second-order valence-electron chi connectivity index (χ2n) is 6.19. The Hall–Kier alpha value is -1.42. The molecule has 1 aliphatic rings. The van der Waals surface area contributed by atoms with Gasteiger partial charge in [0, 0.05) is 5.92 Å². The van der Waals surface area contributed by atoms with Crippen molar-refractivity contribution in [3.63, 3.8) is 0 Å². The van der Waals surface area contributed by atoms with Gasteiger partial charge in [-0.05, 0) is 37.5 Å². The van der Waals surface area contributed by atoms with E-state index in [9.17, 15) is 14.3 Å². The van der Waals surface area contributed by atoms with Crippen molar-refractivity contribution in [2.24, 2.45) is 5.92 Å². The fraction of sp³-hybridized carbons (Fsp3) is 0.588. The van der Waals surface area contributed by atoms with Gasteiger partial charge in [0.1, 0.15) is 11.4 Å². The average molecular weight is 293 g/mol. The van der Waals surface area contributed by atoms with E-state index in [2.05, 4.69) is 5.32 Å². The van der Waals surface area contributed by atoms with Crippen LogP contribution in [-0.4, -0.2) is 17.6 Å². The smallest absolute Gasteiger partial charge is 0.223 e. The summed E-state index contributed by atoms with van der Waals surface area (Å²) in [7, 11) is 0. The Balaban J connectivity index is 1.91. The first-order valence-electron chi connectivity index (χ1n) is 7.75. The Morgan fingerprint density at radius 1 is 1.24 bits per heavy atom. The van der Waals surface area contributed by atoms with Crippen molar-refractivity contribution in [1.82, 2.24) is 5.32 Å². The predicted octanol–water partition coefficient (Wildman–Crippen LogP) is 3.12. The summed E-state index contributed by atoms with van der Waals surface area (Å²) >= 11 is 0. The first-order chi connectivity index (χ1) is 9.99. The lowest BCUT2D eigenvalue weighted by atomic mass is 9.94. The molecule has 0 spiro atoms. The maximum atomic E-state index is 12.9. The lowest BCUT2D eigenvalue weighted by Crippen LogP contribution is -2.41. The molecule has 1 fully saturated rings. The second-order valence-corrected chi connectivity index (χ2v) is 6.19. The molecule has 1 aromatic rings. The van der Waals surface area contributed by atoms with Crippen molar-refractivity contribution in [3.05, 3.63) is 35.6 Å². The molecular formula is C17H24FNO2. The first kappa shape index (κ1) is 16.0. The van der Waals surface area contributed by atoms with E-state index in [1.165, 1.54) is 25.0 Å². The molecule has 0 aromatic heterocycles. The molecular weight excluding hydrogens is 269 g/mol. The molecule has 0 bridgehead atoms. The fourth-order valence-corrected chi connectivity index (χ4v) is 2.86. The number of amides is 1. The number of hydrogen-bond donors (Lipinski definition) is 2. The number of aliphatic hydroxyl groups is 1. The second kappa shape index (κ2) is 7.03. The summed E-state index contributed by atoms with van der Waals surface area (Å²) in [4.78, 5) is 12.2. The van der Waals surface area contributed by atoms with Crippen LogP contribution in [0.5, 0.6) is 0 Å². The Morgan fingerprint density at radius 3 is 2.38 bits per heavy atom. The van der Waals surface area contributed by atoms with Gasteiger partial charge in [-0.1, -0.05) is 37.8 Å². The van der Waals surface area contributed by atoms with Crippen LogP contribution in [-0.2, 0) is 10.4 Å². The molecule has 1 atom stereocenters. The monoisotopic (exact) mass is 293 g/mol. The van der Waals surface area contributed by atoms with E-state index in [1.54, 1.807) is 19.1 Å². The summed E-state index contributed by atoms with van der Waals surface area (Å²) in [5.41, 5.74) is -0.585. The van der Waals surface area contributed by atoms with E-state index in [1.807, 2.05) is 0 Å². The lowest BCUT2D eigenvalue weighted by Gasteiger charge is -2.25. The van der Waals surface area contributed by atoms with Crippen LogP contribution >= 0.6 is 0 Å². The third-order valence-corrected chi connectivity index (χ3v) is 4.30. The zero-order valence-electron chi connectivity index (χ0n) is 12.6. The zero-order valence-corrected chi connectivity index (χ0v) is 12.6. The van der Waals surface area contributed by atoms with E-state index in [0.717, 1.165) is 25.7 Å². The van der Waals surface area contributed by atoms with Gasteiger partial charge in [-0.25, -0.2) is 4.39 Å². The number of carbonyl (C=O) groups is 1. The molecule has 1 unspecified atom stereocenters. The minimum Gasteiger partial charge on any atom is -0.384 e. The van der Waals surface area contributed by atoms with Crippen LogP contribution in [0.4, 0.5) is 4.39 Å². The molecule has 4 heteroatoms. The minimum absolute atomic E-state index is 0.0271. The Kier molecular flexibility index (Phi) is 5.34. The Bertz CT molecular complexity index is 462. The fourth-order valence-electron chi connectivity index (χ4n) is 2.86. The molecule has 1 aromatic carbocycles. The van der Waals surface area contributed by atoms with Gasteiger partial charge in [-0.15, -0.1) is 0 Å². The van der Waals surface area contributed by atoms with E-state index in [-0.39, 0.29) is 24.2 Å². The molecule has 0 aliphatic heterocycles. The summed E-state index contributed by atoms with van der Waals surface area (Å²) in [5, 5.41) is 13.3. The lowest BCUT2D eigenvalue weighted by molar-refractivity contribution is -0.126. The van der Waals surface area contributed by atoms with Crippen LogP contribution in [0.2, 0.25) is 0 Å². The van der Waals surface area contributed by atoms with Crippen molar-refractivity contribution in [2.45, 2.75) is 51.0 Å². The number of halogens is 1. The maximum Gasteiger partial charge on any atom is 0.223 e. The summed E-state index contributed by atoms with van der Waals surface area (Å²) in [6, 6.07) is 5.73. The molecule has 21 heavy (non-hydrogen) atoms. The van der Waals surface area contributed by atoms with Gasteiger partial charge < -0.3 is 10.4 Å². The van der Waals surface area contributed by atoms with Gasteiger partial charge in [0.25, 0.3) is 0 Å². The highest BCUT2D eigenvalue weighted by Crippen LogP contribution is 2.24. The molecule has 1 saturated carbocycles. The summed E-state index contributed by atoms with van der Waals surface area (Å²) in [6.07, 6.45) is 6.49.